The van der Waals surface area contributed by atoms with Crippen molar-refractivity contribution in [3.8, 4) is 0 Å². The van der Waals surface area contributed by atoms with E-state index in [1.54, 1.807) is 36.6 Å². The first-order valence-corrected chi connectivity index (χ1v) is 20.8. The van der Waals surface area contributed by atoms with Crippen molar-refractivity contribution in [1.29, 1.82) is 0 Å². The van der Waals surface area contributed by atoms with Crippen LogP contribution in [-0.2, 0) is 4.74 Å². The Labute approximate surface area is 422 Å². The molecule has 0 N–H and O–H groups in total. The van der Waals surface area contributed by atoms with E-state index in [0.29, 0.717) is 18.8 Å². The Hall–Kier alpha value is 0.347. The van der Waals surface area contributed by atoms with Crippen LogP contribution < -0.4 is 4.90 Å². The van der Waals surface area contributed by atoms with Gasteiger partial charge in [0.15, 0.2) is 0 Å². The molecule has 1 amide bonds. The van der Waals surface area contributed by atoms with E-state index < -0.39 is 144 Å². The highest BCUT2D eigenvalue weighted by Crippen LogP contribution is 2.29. The van der Waals surface area contributed by atoms with Gasteiger partial charge in [0, 0.05) is 317 Å². The highest BCUT2D eigenvalue weighted by atomic mass is 16.6. The largest absolute Gasteiger partial charge is 0.444 e. The third kappa shape index (κ3) is 17.9. The van der Waals surface area contributed by atoms with Gasteiger partial charge in [0.05, 0.1) is 11.6 Å². The molecule has 0 aliphatic carbocycles. The molecule has 0 unspecified atom stereocenters. The standard InChI is InChI=1S/C14H20N4O4.B42/c1-14(2,3)22-13(19)17-8-4-7-16(10-17)11-5-6-15-9-12(11)18(20)21;1-23(2)34(24(3)4)39(33(21)22)42(40(35(25(5)6)26(7)8)36(27(9)10)28(11)12)41(37(29(13)14)30(15)16)38(31(17)18)32(19)20/h5-6,9H,4,7-8,10H2,1-3H3;. The minimum Gasteiger partial charge on any atom is -0.444 e. The number of pyridine rings is 1. The smallest absolute Gasteiger partial charge is 0.411 e. The van der Waals surface area contributed by atoms with Gasteiger partial charge in [-0.3, -0.25) is 20.0 Å². The molecule has 0 spiro atoms. The monoisotopic (exact) mass is 771 g/mol. The van der Waals surface area contributed by atoms with Crippen LogP contribution in [0.3, 0.4) is 0 Å². The van der Waals surface area contributed by atoms with Gasteiger partial charge >= 0.3 is 11.8 Å². The maximum Gasteiger partial charge on any atom is 0.411 e. The molecule has 0 saturated carbocycles. The van der Waals surface area contributed by atoms with Crippen LogP contribution in [0.25, 0.3) is 0 Å². The number of carbonyl (C=O) groups excluding carboxylic acids is 1. The maximum absolute atomic E-state index is 12.1. The van der Waals surface area contributed by atoms with Crippen molar-refractivity contribution < 1.29 is 14.5 Å². The van der Waals surface area contributed by atoms with E-state index in [-0.39, 0.29) is 12.4 Å². The van der Waals surface area contributed by atoms with Crippen LogP contribution >= 0.6 is 0 Å². The molecule has 1 saturated heterocycles. The van der Waals surface area contributed by atoms with Crippen molar-refractivity contribution in [2.75, 3.05) is 24.7 Å². The lowest BCUT2D eigenvalue weighted by molar-refractivity contribution is -0.384. The average Bonchev–Trinajstić information content (AvgIpc) is 3.12. The van der Waals surface area contributed by atoms with E-state index in [1.807, 2.05) is 0 Å². The zero-order valence-corrected chi connectivity index (χ0v) is 37.2. The summed E-state index contributed by atoms with van der Waals surface area (Å²) in [5, 5.41) is 11.1. The molecular formula is C14H20B42N4O4. The summed E-state index contributed by atoms with van der Waals surface area (Å²) in [5.41, 5.74) is -0.163. The van der Waals surface area contributed by atoms with Gasteiger partial charge in [-0.15, -0.1) is 0 Å². The molecule has 1 fully saturated rings. The average molecular weight is 762 g/mol. The summed E-state index contributed by atoms with van der Waals surface area (Å²) in [5.74, 6) is 0. The zero-order valence-electron chi connectivity index (χ0n) is 37.2. The number of anilines is 1. The van der Waals surface area contributed by atoms with Gasteiger partial charge in [-0.25, -0.2) is 4.79 Å². The van der Waals surface area contributed by atoms with Gasteiger partial charge in [-0.2, -0.15) is 0 Å². The van der Waals surface area contributed by atoms with E-state index in [0.717, 1.165) is 6.42 Å². The second-order valence-electron chi connectivity index (χ2n) is 17.7. The molecule has 1 aromatic heterocycles. The van der Waals surface area contributed by atoms with Gasteiger partial charge in [0.2, 0.25) is 0 Å². The van der Waals surface area contributed by atoms with Crippen LogP contribution in [0.5, 0.6) is 0 Å². The second kappa shape index (κ2) is 28.3. The number of nitrogens with zero attached hydrogens (tertiary/aromatic N) is 4. The molecule has 0 aromatic carbocycles. The maximum atomic E-state index is 12.1. The van der Waals surface area contributed by atoms with Crippen molar-refractivity contribution in [3.63, 3.8) is 0 Å². The molecule has 246 valence electrons. The fraction of sp³-hybridized carbons (Fsp3) is 0.571. The molecule has 1 aliphatic rings. The molecule has 0 bridgehead atoms. The number of nitro groups is 1. The predicted molar refractivity (Wildman–Crippen MR) is 322 cm³/mol. The lowest BCUT2D eigenvalue weighted by Gasteiger charge is -2.55. The lowest BCUT2D eigenvalue weighted by atomic mass is 8.27. The first-order chi connectivity index (χ1) is 29.3. The molecule has 2 heterocycles. The normalized spacial score (nSPS) is 11.7. The Bertz CT molecular complexity index is 1410. The second-order valence-corrected chi connectivity index (χ2v) is 17.7. The first-order valence-electron chi connectivity index (χ1n) is 20.8. The summed E-state index contributed by atoms with van der Waals surface area (Å²) in [6.07, 6.45) is -20.4. The number of aromatic nitrogens is 1. The number of hydrogen-bond acceptors (Lipinski definition) is 6. The molecule has 0 atom stereocenters. The summed E-state index contributed by atoms with van der Waals surface area (Å²) in [6.45, 7) is 6.90. The Morgan fingerprint density at radius 2 is 0.875 bits per heavy atom. The zero-order chi connectivity index (χ0) is 49.9. The van der Waals surface area contributed by atoms with Crippen molar-refractivity contribution in [3.05, 3.63) is 28.6 Å². The van der Waals surface area contributed by atoms with Crippen LogP contribution in [0.1, 0.15) is 27.2 Å². The molecule has 64 heavy (non-hydrogen) atoms. The molecule has 1 aliphatic heterocycles. The summed E-state index contributed by atoms with van der Waals surface area (Å²) >= 11 is 0. The van der Waals surface area contributed by atoms with E-state index in [1.165, 1.54) is 12.4 Å². The number of rotatable bonds is 21. The van der Waals surface area contributed by atoms with E-state index in [2.05, 4.69) is 4.98 Å². The van der Waals surface area contributed by atoms with Crippen LogP contribution in [-0.4, -0.2) is 344 Å². The Morgan fingerprint density at radius 1 is 0.562 bits per heavy atom. The number of carbonyl (C=O) groups is 1. The van der Waals surface area contributed by atoms with Crippen LogP contribution in [0.15, 0.2) is 18.5 Å². The summed E-state index contributed by atoms with van der Waals surface area (Å²) in [4.78, 5) is 29.9. The van der Waals surface area contributed by atoms with Crippen LogP contribution in [0.4, 0.5) is 16.2 Å². The van der Waals surface area contributed by atoms with E-state index in [4.69, 9.17) is 175 Å². The highest BCUT2D eigenvalue weighted by molar-refractivity contribution is 8.33. The topological polar surface area (TPSA) is 88.8 Å². The third-order valence-electron chi connectivity index (χ3n) is 11.6. The van der Waals surface area contributed by atoms with Crippen molar-refractivity contribution in [1.82, 2.24) is 9.88 Å². The fourth-order valence-corrected chi connectivity index (χ4v) is 9.19. The Kier molecular flexibility index (Phi) is 27.5. The molecule has 50 heteroatoms. The highest BCUT2D eigenvalue weighted by Gasteiger charge is 2.57. The molecular weight excluding hydrogens is 742 g/mol. The van der Waals surface area contributed by atoms with Gasteiger partial charge in [0.25, 0.3) is 0 Å². The summed E-state index contributed by atoms with van der Waals surface area (Å²) < 4.78 is 5.35. The number of hydrogen-bond donors (Lipinski definition) is 0. The molecule has 1 aromatic rings. The van der Waals surface area contributed by atoms with Crippen molar-refractivity contribution >= 4 is 315 Å². The number of amides is 1. The van der Waals surface area contributed by atoms with Gasteiger partial charge in [-0.1, -0.05) is 0 Å². The minimum absolute atomic E-state index is 0.0615. The summed E-state index contributed by atoms with van der Waals surface area (Å²) in [6, 6.07) is 1.59. The molecule has 2 rings (SSSR count). The van der Waals surface area contributed by atoms with Gasteiger partial charge in [0.1, 0.15) is 17.5 Å². The molecule has 8 nitrogen and oxygen atoms in total. The lowest BCUT2D eigenvalue weighted by Crippen LogP contribution is -2.93. The Balaban J connectivity index is 0.000000772. The van der Waals surface area contributed by atoms with Gasteiger partial charge < -0.3 is 9.64 Å². The number of ether oxygens (including phenoxy) is 1. The van der Waals surface area contributed by atoms with Crippen molar-refractivity contribution in [2.24, 2.45) is 0 Å². The van der Waals surface area contributed by atoms with Crippen molar-refractivity contribution in [2.45, 2.75) is 32.8 Å². The quantitative estimate of drug-likeness (QED) is 0.0704. The van der Waals surface area contributed by atoms with E-state index in [9.17, 15) is 14.9 Å². The fourth-order valence-electron chi connectivity index (χ4n) is 9.19. The molecule has 44 radical (unpaired) electrons. The first kappa shape index (κ1) is 62.4. The van der Waals surface area contributed by atoms with Crippen LogP contribution in [0, 0.1) is 10.1 Å². The van der Waals surface area contributed by atoms with Crippen LogP contribution in [0.2, 0.25) is 0 Å². The third-order valence-corrected chi connectivity index (χ3v) is 11.6. The predicted octanol–water partition coefficient (Wildman–Crippen LogP) is -13.6. The minimum atomic E-state index is -1.30. The van der Waals surface area contributed by atoms with Gasteiger partial charge in [-0.05, 0) is 33.3 Å². The Morgan fingerprint density at radius 3 is 1.17 bits per heavy atom. The van der Waals surface area contributed by atoms with E-state index >= 15 is 0 Å². The SMILES string of the molecule is CC(C)(C)OC(=O)N1CCCN(c2ccncc2[N+](=O)[O-])C1.[B]B([B])B(B([B])[B])B(B([B])[B])B(B(B(B([B])[B])B([B])[B])B(B([B])[B])B([B])[B])B(B(B([B])[B])B([B])[B])B(B([B])[B])B([B])[B]. The summed E-state index contributed by atoms with van der Waals surface area (Å²) in [7, 11) is 138.